The molecule has 1 aromatic carbocycles. The van der Waals surface area contributed by atoms with E-state index in [9.17, 15) is 4.79 Å². The summed E-state index contributed by atoms with van der Waals surface area (Å²) in [7, 11) is 1.62. The van der Waals surface area contributed by atoms with Crippen molar-refractivity contribution in [3.8, 4) is 5.75 Å². The Morgan fingerprint density at radius 1 is 1.58 bits per heavy atom. The molecule has 0 aliphatic heterocycles. The number of allylic oxidation sites excluding steroid dienone is 2. The Balaban J connectivity index is 2.25. The Morgan fingerprint density at radius 3 is 3.05 bits per heavy atom. The zero-order chi connectivity index (χ0) is 13.8. The third-order valence-corrected chi connectivity index (χ3v) is 3.51. The summed E-state index contributed by atoms with van der Waals surface area (Å²) in [5.41, 5.74) is 8.12. The molecular weight excluding hydrogens is 240 g/mol. The number of methoxy groups -OCH3 is 1. The van der Waals surface area contributed by atoms with E-state index in [1.165, 1.54) is 6.08 Å². The van der Waals surface area contributed by atoms with E-state index in [1.54, 1.807) is 7.11 Å². The molecule has 3 N–H and O–H groups in total. The van der Waals surface area contributed by atoms with Crippen LogP contribution >= 0.6 is 0 Å². The van der Waals surface area contributed by atoms with Crippen molar-refractivity contribution in [3.05, 3.63) is 41.1 Å². The number of nitrogens with one attached hydrogen (secondary N) is 1. The number of ether oxygens (including phenoxy) is 1. The van der Waals surface area contributed by atoms with Crippen molar-refractivity contribution < 1.29 is 9.53 Å². The largest absolute Gasteiger partial charge is 0.496 e. The van der Waals surface area contributed by atoms with Gasteiger partial charge in [-0.05, 0) is 31.4 Å². The second-order valence-electron chi connectivity index (χ2n) is 4.70. The molecule has 1 atom stereocenters. The van der Waals surface area contributed by atoms with Crippen molar-refractivity contribution in [2.75, 3.05) is 7.11 Å². The van der Waals surface area contributed by atoms with Gasteiger partial charge in [0.1, 0.15) is 5.75 Å². The normalized spacial score (nSPS) is 18.9. The molecule has 0 radical (unpaired) electrons. The van der Waals surface area contributed by atoms with Gasteiger partial charge in [0.05, 0.1) is 7.11 Å². The van der Waals surface area contributed by atoms with Crippen LogP contribution in [0, 0.1) is 11.3 Å². The molecule has 0 amide bonds. The average molecular weight is 258 g/mol. The van der Waals surface area contributed by atoms with Crippen molar-refractivity contribution in [2.45, 2.75) is 19.3 Å². The summed E-state index contributed by atoms with van der Waals surface area (Å²) in [5, 5.41) is 6.99. The SMILES string of the molecule is COc1cccc2c1CCC(CC(N)=CC=N)C2=O. The number of Topliss-reactive ketones (excluding diaryl/α,β-unsaturated/α-hetero) is 1. The van der Waals surface area contributed by atoms with E-state index < -0.39 is 0 Å². The van der Waals surface area contributed by atoms with Gasteiger partial charge in [0.2, 0.25) is 0 Å². The van der Waals surface area contributed by atoms with Crippen LogP contribution in [0.4, 0.5) is 0 Å². The quantitative estimate of drug-likeness (QED) is 0.814. The van der Waals surface area contributed by atoms with Gasteiger partial charge in [-0.15, -0.1) is 0 Å². The van der Waals surface area contributed by atoms with Crippen LogP contribution in [0.2, 0.25) is 0 Å². The minimum Gasteiger partial charge on any atom is -0.496 e. The lowest BCUT2D eigenvalue weighted by molar-refractivity contribution is 0.0900. The van der Waals surface area contributed by atoms with Crippen molar-refractivity contribution >= 4 is 12.0 Å². The molecule has 4 heteroatoms. The topological polar surface area (TPSA) is 76.2 Å². The van der Waals surface area contributed by atoms with Gasteiger partial charge < -0.3 is 15.9 Å². The first-order valence-electron chi connectivity index (χ1n) is 6.32. The molecule has 0 saturated carbocycles. The molecule has 0 bridgehead atoms. The fourth-order valence-corrected chi connectivity index (χ4v) is 2.57. The van der Waals surface area contributed by atoms with E-state index in [0.717, 1.165) is 35.9 Å². The molecule has 0 heterocycles. The third kappa shape index (κ3) is 2.67. The van der Waals surface area contributed by atoms with Crippen LogP contribution in [0.3, 0.4) is 0 Å². The third-order valence-electron chi connectivity index (χ3n) is 3.51. The maximum absolute atomic E-state index is 12.4. The fraction of sp³-hybridized carbons (Fsp3) is 0.333. The molecule has 1 aliphatic rings. The van der Waals surface area contributed by atoms with Crippen molar-refractivity contribution in [1.82, 2.24) is 0 Å². The van der Waals surface area contributed by atoms with Crippen LogP contribution < -0.4 is 10.5 Å². The number of ketones is 1. The number of rotatable bonds is 4. The summed E-state index contributed by atoms with van der Waals surface area (Å²) < 4.78 is 5.30. The lowest BCUT2D eigenvalue weighted by Gasteiger charge is -2.24. The number of benzene rings is 1. The first-order valence-corrected chi connectivity index (χ1v) is 6.32. The molecule has 0 saturated heterocycles. The van der Waals surface area contributed by atoms with Gasteiger partial charge >= 0.3 is 0 Å². The van der Waals surface area contributed by atoms with Gasteiger partial charge in [0, 0.05) is 29.0 Å². The van der Waals surface area contributed by atoms with Crippen LogP contribution in [-0.2, 0) is 6.42 Å². The number of carbonyl (C=O) groups is 1. The summed E-state index contributed by atoms with van der Waals surface area (Å²) >= 11 is 0. The van der Waals surface area contributed by atoms with Gasteiger partial charge in [-0.3, -0.25) is 4.79 Å². The highest BCUT2D eigenvalue weighted by Gasteiger charge is 2.29. The Bertz CT molecular complexity index is 535. The van der Waals surface area contributed by atoms with Gasteiger partial charge in [0.25, 0.3) is 0 Å². The van der Waals surface area contributed by atoms with Crippen LogP contribution in [0.25, 0.3) is 0 Å². The van der Waals surface area contributed by atoms with Crippen LogP contribution in [-0.4, -0.2) is 19.1 Å². The van der Waals surface area contributed by atoms with Crippen LogP contribution in [0.15, 0.2) is 30.0 Å². The predicted octanol–water partition coefficient (Wildman–Crippen LogP) is 2.32. The Labute approximate surface area is 112 Å². The maximum Gasteiger partial charge on any atom is 0.166 e. The molecule has 2 rings (SSSR count). The van der Waals surface area contributed by atoms with E-state index >= 15 is 0 Å². The number of nitrogens with two attached hydrogens (primary N) is 1. The minimum absolute atomic E-state index is 0.0872. The second-order valence-corrected chi connectivity index (χ2v) is 4.70. The molecule has 1 aromatic rings. The van der Waals surface area contributed by atoms with Crippen molar-refractivity contribution in [3.63, 3.8) is 0 Å². The molecule has 0 aromatic heterocycles. The molecule has 100 valence electrons. The van der Waals surface area contributed by atoms with Crippen molar-refractivity contribution in [1.29, 1.82) is 5.41 Å². The number of carbonyl (C=O) groups excluding carboxylic acids is 1. The summed E-state index contributed by atoms with van der Waals surface area (Å²) in [6.07, 6.45) is 4.81. The maximum atomic E-state index is 12.4. The first-order chi connectivity index (χ1) is 9.17. The van der Waals surface area contributed by atoms with E-state index in [4.69, 9.17) is 15.9 Å². The van der Waals surface area contributed by atoms with Gasteiger partial charge in [-0.25, -0.2) is 0 Å². The zero-order valence-electron chi connectivity index (χ0n) is 11.0. The Kier molecular flexibility index (Phi) is 4.00. The van der Waals surface area contributed by atoms with Crippen LogP contribution in [0.1, 0.15) is 28.8 Å². The standard InChI is InChI=1S/C15H18N2O2/c1-19-14-4-2-3-13-12(14)6-5-10(15(13)18)9-11(17)7-8-16/h2-4,7-8,10,16H,5-6,9,17H2,1H3. The second kappa shape index (κ2) is 5.69. The molecule has 4 nitrogen and oxygen atoms in total. The Morgan fingerprint density at radius 2 is 2.37 bits per heavy atom. The zero-order valence-corrected chi connectivity index (χ0v) is 11.0. The summed E-state index contributed by atoms with van der Waals surface area (Å²) in [5.74, 6) is 0.824. The van der Waals surface area contributed by atoms with Gasteiger partial charge in [0.15, 0.2) is 5.78 Å². The van der Waals surface area contributed by atoms with E-state index in [-0.39, 0.29) is 11.7 Å². The Hall–Kier alpha value is -2.10. The highest BCUT2D eigenvalue weighted by atomic mass is 16.5. The average Bonchev–Trinajstić information content (AvgIpc) is 2.41. The first kappa shape index (κ1) is 13.3. The lowest BCUT2D eigenvalue weighted by Crippen LogP contribution is -2.24. The van der Waals surface area contributed by atoms with Gasteiger partial charge in [-0.2, -0.15) is 0 Å². The highest BCUT2D eigenvalue weighted by Crippen LogP contribution is 2.33. The van der Waals surface area contributed by atoms with Crippen molar-refractivity contribution in [2.24, 2.45) is 11.7 Å². The molecule has 1 aliphatic carbocycles. The fourth-order valence-electron chi connectivity index (χ4n) is 2.57. The highest BCUT2D eigenvalue weighted by molar-refractivity contribution is 6.01. The predicted molar refractivity (Wildman–Crippen MR) is 74.8 cm³/mol. The van der Waals surface area contributed by atoms with E-state index in [0.29, 0.717) is 12.1 Å². The molecule has 0 spiro atoms. The minimum atomic E-state index is -0.0872. The smallest absolute Gasteiger partial charge is 0.166 e. The molecule has 1 unspecified atom stereocenters. The summed E-state index contributed by atoms with van der Waals surface area (Å²) in [6, 6.07) is 5.58. The van der Waals surface area contributed by atoms with Crippen LogP contribution in [0.5, 0.6) is 5.75 Å². The number of hydrogen-bond donors (Lipinski definition) is 2. The number of hydrogen-bond acceptors (Lipinski definition) is 4. The summed E-state index contributed by atoms with van der Waals surface area (Å²) in [4.78, 5) is 12.4. The monoisotopic (exact) mass is 258 g/mol. The van der Waals surface area contributed by atoms with E-state index in [2.05, 4.69) is 0 Å². The summed E-state index contributed by atoms with van der Waals surface area (Å²) in [6.45, 7) is 0. The number of fused-ring (bicyclic) bond motifs is 1. The lowest BCUT2D eigenvalue weighted by atomic mass is 9.80. The van der Waals surface area contributed by atoms with E-state index in [1.807, 2.05) is 18.2 Å². The molecular formula is C15H18N2O2. The molecule has 19 heavy (non-hydrogen) atoms. The van der Waals surface area contributed by atoms with Gasteiger partial charge in [-0.1, -0.05) is 12.1 Å². The molecule has 0 fully saturated rings.